The first kappa shape index (κ1) is 14.3. The molecule has 0 saturated heterocycles. The normalized spacial score (nSPS) is 10.4. The van der Waals surface area contributed by atoms with Crippen molar-refractivity contribution < 1.29 is 23.5 Å². The minimum Gasteiger partial charge on any atom is -0.478 e. The van der Waals surface area contributed by atoms with Crippen LogP contribution in [0.25, 0.3) is 0 Å². The van der Waals surface area contributed by atoms with E-state index in [1.807, 2.05) is 6.92 Å². The number of carbonyl (C=O) groups is 2. The highest BCUT2D eigenvalue weighted by molar-refractivity contribution is 5.99. The monoisotopic (exact) mass is 256 g/mol. The number of carbonyl (C=O) groups excluding carboxylic acids is 1. The lowest BCUT2D eigenvalue weighted by Gasteiger charge is -2.05. The number of unbranched alkanes of at least 4 members (excludes halogenated alkanes) is 2. The third kappa shape index (κ3) is 3.35. The zero-order valence-corrected chi connectivity index (χ0v) is 10.0. The molecule has 5 heteroatoms. The van der Waals surface area contributed by atoms with Crippen LogP contribution in [0.2, 0.25) is 0 Å². The smallest absolute Gasteiger partial charge is 0.338 e. The maximum absolute atomic E-state index is 13.4. The maximum atomic E-state index is 13.4. The molecule has 0 aliphatic carbocycles. The lowest BCUT2D eigenvalue weighted by Crippen LogP contribution is -2.08. The molecule has 0 heterocycles. The van der Waals surface area contributed by atoms with Crippen molar-refractivity contribution in [3.8, 4) is 0 Å². The first-order chi connectivity index (χ1) is 8.47. The topological polar surface area (TPSA) is 54.4 Å². The van der Waals surface area contributed by atoms with Crippen LogP contribution >= 0.6 is 0 Å². The Morgan fingerprint density at radius 3 is 2.28 bits per heavy atom. The number of benzene rings is 1. The molecule has 0 bridgehead atoms. The van der Waals surface area contributed by atoms with Crippen LogP contribution in [0.4, 0.5) is 8.78 Å². The molecular formula is C13H14F2O3. The van der Waals surface area contributed by atoms with Gasteiger partial charge in [0.15, 0.2) is 5.78 Å². The molecule has 1 rings (SSSR count). The summed E-state index contributed by atoms with van der Waals surface area (Å²) >= 11 is 0. The van der Waals surface area contributed by atoms with Crippen molar-refractivity contribution in [3.05, 3.63) is 34.9 Å². The van der Waals surface area contributed by atoms with E-state index in [2.05, 4.69) is 0 Å². The highest BCUT2D eigenvalue weighted by atomic mass is 19.1. The summed E-state index contributed by atoms with van der Waals surface area (Å²) in [6.07, 6.45) is 2.49. The van der Waals surface area contributed by atoms with Gasteiger partial charge in [-0.05, 0) is 12.5 Å². The van der Waals surface area contributed by atoms with Crippen molar-refractivity contribution in [2.75, 3.05) is 0 Å². The van der Waals surface area contributed by atoms with Gasteiger partial charge in [-0.3, -0.25) is 4.79 Å². The Bertz CT molecular complexity index is 470. The zero-order chi connectivity index (χ0) is 13.7. The van der Waals surface area contributed by atoms with E-state index in [9.17, 15) is 18.4 Å². The summed E-state index contributed by atoms with van der Waals surface area (Å²) in [5.74, 6) is -4.21. The van der Waals surface area contributed by atoms with Crippen LogP contribution in [0.3, 0.4) is 0 Å². The molecule has 0 radical (unpaired) electrons. The quantitative estimate of drug-likeness (QED) is 0.626. The molecule has 0 fully saturated rings. The van der Waals surface area contributed by atoms with Gasteiger partial charge in [0.25, 0.3) is 0 Å². The van der Waals surface area contributed by atoms with Gasteiger partial charge < -0.3 is 5.11 Å². The van der Waals surface area contributed by atoms with Crippen LogP contribution in [0.15, 0.2) is 12.1 Å². The summed E-state index contributed by atoms with van der Waals surface area (Å²) in [6, 6.07) is 1.21. The fourth-order valence-electron chi connectivity index (χ4n) is 1.60. The van der Waals surface area contributed by atoms with E-state index in [4.69, 9.17) is 5.11 Å². The number of aromatic carboxylic acids is 1. The minimum atomic E-state index is -1.52. The van der Waals surface area contributed by atoms with Crippen molar-refractivity contribution in [1.82, 2.24) is 0 Å². The predicted octanol–water partition coefficient (Wildman–Crippen LogP) is 3.43. The van der Waals surface area contributed by atoms with Crippen molar-refractivity contribution in [3.63, 3.8) is 0 Å². The second-order valence-electron chi connectivity index (χ2n) is 4.00. The van der Waals surface area contributed by atoms with E-state index in [0.29, 0.717) is 12.5 Å². The van der Waals surface area contributed by atoms with Gasteiger partial charge in [-0.1, -0.05) is 19.8 Å². The Kier molecular flexibility index (Phi) is 4.95. The molecule has 0 aromatic heterocycles. The Labute approximate surface area is 103 Å². The average Bonchev–Trinajstić information content (AvgIpc) is 2.28. The number of carboxylic acid groups (broad SMARTS) is 1. The fraction of sp³-hybridized carbons (Fsp3) is 0.385. The molecule has 1 aromatic rings. The number of hydrogen-bond acceptors (Lipinski definition) is 2. The third-order valence-corrected chi connectivity index (χ3v) is 2.59. The molecule has 0 spiro atoms. The zero-order valence-electron chi connectivity index (χ0n) is 10.0. The Morgan fingerprint density at radius 1 is 1.11 bits per heavy atom. The molecule has 0 amide bonds. The highest BCUT2D eigenvalue weighted by Crippen LogP contribution is 2.18. The number of rotatable bonds is 6. The summed E-state index contributed by atoms with van der Waals surface area (Å²) in [6.45, 7) is 1.96. The van der Waals surface area contributed by atoms with Crippen LogP contribution in [-0.2, 0) is 0 Å². The highest BCUT2D eigenvalue weighted by Gasteiger charge is 2.19. The van der Waals surface area contributed by atoms with Gasteiger partial charge in [-0.25, -0.2) is 13.6 Å². The van der Waals surface area contributed by atoms with Gasteiger partial charge >= 0.3 is 5.97 Å². The number of carboxylic acids is 1. The van der Waals surface area contributed by atoms with Crippen LogP contribution in [0.5, 0.6) is 0 Å². The van der Waals surface area contributed by atoms with Gasteiger partial charge in [0, 0.05) is 12.5 Å². The van der Waals surface area contributed by atoms with E-state index in [1.54, 1.807) is 0 Å². The summed E-state index contributed by atoms with van der Waals surface area (Å²) in [5.41, 5.74) is -1.04. The largest absolute Gasteiger partial charge is 0.478 e. The number of ketones is 1. The van der Waals surface area contributed by atoms with E-state index in [-0.39, 0.29) is 12.0 Å². The fourth-order valence-corrected chi connectivity index (χ4v) is 1.60. The molecule has 3 nitrogen and oxygen atoms in total. The predicted molar refractivity (Wildman–Crippen MR) is 61.8 cm³/mol. The summed E-state index contributed by atoms with van der Waals surface area (Å²) in [4.78, 5) is 22.4. The number of halogens is 2. The van der Waals surface area contributed by atoms with Gasteiger partial charge in [-0.15, -0.1) is 0 Å². The van der Waals surface area contributed by atoms with Crippen molar-refractivity contribution in [1.29, 1.82) is 0 Å². The molecule has 1 N–H and O–H groups in total. The Hall–Kier alpha value is -1.78. The number of hydrogen-bond donors (Lipinski definition) is 1. The molecule has 0 atom stereocenters. The third-order valence-electron chi connectivity index (χ3n) is 2.59. The van der Waals surface area contributed by atoms with Crippen LogP contribution in [0.1, 0.15) is 53.3 Å². The lowest BCUT2D eigenvalue weighted by atomic mass is 10.0. The Balaban J connectivity index is 2.97. The van der Waals surface area contributed by atoms with E-state index in [1.165, 1.54) is 0 Å². The van der Waals surface area contributed by atoms with Gasteiger partial charge in [0.2, 0.25) is 0 Å². The molecule has 0 saturated carbocycles. The Morgan fingerprint density at radius 2 is 1.72 bits per heavy atom. The summed E-state index contributed by atoms with van der Waals surface area (Å²) in [7, 11) is 0. The van der Waals surface area contributed by atoms with Gasteiger partial charge in [0.05, 0.1) is 11.1 Å². The molecule has 18 heavy (non-hydrogen) atoms. The maximum Gasteiger partial charge on any atom is 0.338 e. The first-order valence-corrected chi connectivity index (χ1v) is 5.73. The van der Waals surface area contributed by atoms with E-state index in [0.717, 1.165) is 18.9 Å². The minimum absolute atomic E-state index is 0.134. The van der Waals surface area contributed by atoms with E-state index >= 15 is 0 Å². The average molecular weight is 256 g/mol. The summed E-state index contributed by atoms with van der Waals surface area (Å²) in [5, 5.41) is 8.70. The van der Waals surface area contributed by atoms with Crippen LogP contribution < -0.4 is 0 Å². The van der Waals surface area contributed by atoms with E-state index < -0.39 is 29.0 Å². The molecule has 0 aliphatic rings. The first-order valence-electron chi connectivity index (χ1n) is 5.73. The standard InChI is InChI=1S/C13H14F2O3/c1-2-3-4-5-12(16)8-6-9(13(17)18)11(15)7-10(8)14/h6-7H,2-5H2,1H3,(H,17,18). The summed E-state index contributed by atoms with van der Waals surface area (Å²) < 4.78 is 26.5. The van der Waals surface area contributed by atoms with Crippen molar-refractivity contribution in [2.45, 2.75) is 32.6 Å². The number of Topliss-reactive ketones (excluding diaryl/α,β-unsaturated/α-hetero) is 1. The van der Waals surface area contributed by atoms with Crippen LogP contribution in [-0.4, -0.2) is 16.9 Å². The molecular weight excluding hydrogens is 242 g/mol. The second-order valence-corrected chi connectivity index (χ2v) is 4.00. The molecule has 0 unspecified atom stereocenters. The van der Waals surface area contributed by atoms with Gasteiger partial charge in [-0.2, -0.15) is 0 Å². The molecule has 1 aromatic carbocycles. The molecule has 98 valence electrons. The second kappa shape index (κ2) is 6.23. The van der Waals surface area contributed by atoms with Crippen LogP contribution in [0, 0.1) is 11.6 Å². The van der Waals surface area contributed by atoms with Crippen molar-refractivity contribution >= 4 is 11.8 Å². The SMILES string of the molecule is CCCCCC(=O)c1cc(C(=O)O)c(F)cc1F. The van der Waals surface area contributed by atoms with Crippen molar-refractivity contribution in [2.24, 2.45) is 0 Å². The van der Waals surface area contributed by atoms with Gasteiger partial charge in [0.1, 0.15) is 11.6 Å². The molecule has 0 aliphatic heterocycles. The lowest BCUT2D eigenvalue weighted by molar-refractivity contribution is 0.0692.